The summed E-state index contributed by atoms with van der Waals surface area (Å²) in [4.78, 5) is 2.43. The van der Waals surface area contributed by atoms with Crippen LogP contribution in [0.25, 0.3) is 22.4 Å². The summed E-state index contributed by atoms with van der Waals surface area (Å²) in [5, 5.41) is 27.9. The number of anilines is 1. The first-order valence-electron chi connectivity index (χ1n) is 12.0. The van der Waals surface area contributed by atoms with Gasteiger partial charge in [-0.25, -0.2) is 0 Å². The van der Waals surface area contributed by atoms with Crippen LogP contribution in [0.4, 0.5) is 5.82 Å². The molecular formula is C25H30N6O2. The molecule has 0 amide bonds. The summed E-state index contributed by atoms with van der Waals surface area (Å²) < 4.78 is 7.86. The molecule has 3 aromatic rings. The molecule has 2 saturated heterocycles. The van der Waals surface area contributed by atoms with Crippen LogP contribution in [-0.4, -0.2) is 56.4 Å². The minimum Gasteiger partial charge on any atom is -0.507 e. The fraction of sp³-hybridized carbons (Fsp3) is 0.480. The van der Waals surface area contributed by atoms with Crippen LogP contribution < -0.4 is 15.0 Å². The van der Waals surface area contributed by atoms with E-state index < -0.39 is 0 Å². The molecule has 33 heavy (non-hydrogen) atoms. The Balaban J connectivity index is 1.30. The van der Waals surface area contributed by atoms with Crippen LogP contribution in [0.15, 0.2) is 36.7 Å². The van der Waals surface area contributed by atoms with Crippen LogP contribution >= 0.6 is 0 Å². The summed E-state index contributed by atoms with van der Waals surface area (Å²) in [6, 6.07) is 9.23. The number of aromatic nitrogens is 4. The second-order valence-electron chi connectivity index (χ2n) is 9.56. The van der Waals surface area contributed by atoms with E-state index in [4.69, 9.17) is 4.74 Å². The fourth-order valence-corrected chi connectivity index (χ4v) is 5.67. The lowest BCUT2D eigenvalue weighted by Gasteiger charge is -2.44. The molecule has 3 aliphatic rings. The van der Waals surface area contributed by atoms with E-state index in [0.717, 1.165) is 48.5 Å². The first-order valence-corrected chi connectivity index (χ1v) is 12.0. The number of ether oxygens (including phenoxy) is 1. The molecule has 3 aliphatic heterocycles. The Kier molecular flexibility index (Phi) is 5.17. The monoisotopic (exact) mass is 446 g/mol. The molecule has 1 aromatic carbocycles. The highest BCUT2D eigenvalue weighted by Crippen LogP contribution is 2.39. The predicted molar refractivity (Wildman–Crippen MR) is 126 cm³/mol. The van der Waals surface area contributed by atoms with Gasteiger partial charge in [0, 0.05) is 55.1 Å². The average molecular weight is 447 g/mol. The summed E-state index contributed by atoms with van der Waals surface area (Å²) >= 11 is 0. The third kappa shape index (κ3) is 3.93. The molecule has 8 nitrogen and oxygen atoms in total. The smallest absolute Gasteiger partial charge is 0.194 e. The number of hydrogen-bond donors (Lipinski definition) is 2. The second kappa shape index (κ2) is 8.33. The van der Waals surface area contributed by atoms with Gasteiger partial charge in [0.2, 0.25) is 0 Å². The number of fused-ring (bicyclic) bond motifs is 3. The van der Waals surface area contributed by atoms with Crippen LogP contribution in [-0.2, 0) is 7.05 Å². The molecular weight excluding hydrogens is 416 g/mol. The van der Waals surface area contributed by atoms with Crippen molar-refractivity contribution >= 4 is 5.82 Å². The number of nitrogens with one attached hydrogen (secondary N) is 1. The summed E-state index contributed by atoms with van der Waals surface area (Å²) in [5.41, 5.74) is 3.13. The fourth-order valence-electron chi connectivity index (χ4n) is 5.67. The molecule has 172 valence electrons. The van der Waals surface area contributed by atoms with Crippen molar-refractivity contribution in [2.45, 2.75) is 56.7 Å². The van der Waals surface area contributed by atoms with Crippen molar-refractivity contribution in [3.8, 4) is 33.9 Å². The van der Waals surface area contributed by atoms with Crippen molar-refractivity contribution in [1.29, 1.82) is 0 Å². The van der Waals surface area contributed by atoms with Gasteiger partial charge in [-0.15, -0.1) is 10.2 Å². The van der Waals surface area contributed by atoms with Gasteiger partial charge in [-0.1, -0.05) is 12.5 Å². The molecule has 2 N–H and O–H groups in total. The third-order valence-corrected chi connectivity index (χ3v) is 7.26. The summed E-state index contributed by atoms with van der Waals surface area (Å²) in [6.07, 6.45) is 10.8. The van der Waals surface area contributed by atoms with Gasteiger partial charge in [-0.3, -0.25) is 4.68 Å². The number of nitrogens with zero attached hydrogens (tertiary/aromatic N) is 5. The van der Waals surface area contributed by atoms with Crippen LogP contribution in [0, 0.1) is 0 Å². The average Bonchev–Trinajstić information content (AvgIpc) is 3.14. The Bertz CT molecular complexity index is 1150. The highest BCUT2D eigenvalue weighted by atomic mass is 16.5. The maximum Gasteiger partial charge on any atom is 0.194 e. The van der Waals surface area contributed by atoms with Crippen molar-refractivity contribution in [2.24, 2.45) is 7.05 Å². The minimum absolute atomic E-state index is 0.169. The molecule has 3 atom stereocenters. The maximum atomic E-state index is 10.8. The van der Waals surface area contributed by atoms with E-state index >= 15 is 0 Å². The summed E-state index contributed by atoms with van der Waals surface area (Å²) in [5.74, 6) is 1.77. The van der Waals surface area contributed by atoms with E-state index in [1.54, 1.807) is 16.9 Å². The van der Waals surface area contributed by atoms with Crippen LogP contribution in [0.1, 0.15) is 38.5 Å². The first kappa shape index (κ1) is 20.5. The number of aromatic hydroxyl groups is 1. The van der Waals surface area contributed by atoms with Crippen molar-refractivity contribution in [1.82, 2.24) is 25.3 Å². The van der Waals surface area contributed by atoms with Crippen LogP contribution in [0.5, 0.6) is 11.5 Å². The molecule has 2 aromatic heterocycles. The molecule has 0 radical (unpaired) electrons. The van der Waals surface area contributed by atoms with E-state index in [1.807, 2.05) is 31.4 Å². The van der Waals surface area contributed by atoms with Gasteiger partial charge in [0.15, 0.2) is 11.6 Å². The molecule has 0 aliphatic carbocycles. The summed E-state index contributed by atoms with van der Waals surface area (Å²) in [7, 11) is 1.88. The molecule has 0 saturated carbocycles. The molecule has 0 spiro atoms. The van der Waals surface area contributed by atoms with Gasteiger partial charge in [0.05, 0.1) is 12.8 Å². The predicted octanol–water partition coefficient (Wildman–Crippen LogP) is 3.51. The SMILES string of the molecule is Cn1cc(-c2ccc(-c3cc4c(nn3)N(C3C[C@H]5CCC[C@@H](C3)N5)CCCO4)c(O)c2)cn1. The number of rotatable bonds is 3. The normalized spacial score (nSPS) is 24.6. The van der Waals surface area contributed by atoms with Gasteiger partial charge in [-0.2, -0.15) is 5.10 Å². The third-order valence-electron chi connectivity index (χ3n) is 7.26. The van der Waals surface area contributed by atoms with Gasteiger partial charge in [-0.05, 0) is 49.8 Å². The Labute approximate surface area is 193 Å². The first-order chi connectivity index (χ1) is 16.1. The standard InChI is InChI=1S/C25H30N6O2/c1-30-15-17(14-26-30)16-6-7-21(23(32)10-16)22-13-24-25(29-28-22)31(8-3-9-33-24)20-11-18-4-2-5-19(12-20)27-18/h6-7,10,13-15,18-20,27,32H,2-5,8-9,11-12H2,1H3/t18-,19+,20?. The highest BCUT2D eigenvalue weighted by molar-refractivity contribution is 5.75. The number of piperidine rings is 2. The van der Waals surface area contributed by atoms with Gasteiger partial charge in [0.25, 0.3) is 0 Å². The van der Waals surface area contributed by atoms with E-state index in [9.17, 15) is 5.11 Å². The molecule has 2 fully saturated rings. The van der Waals surface area contributed by atoms with E-state index in [2.05, 4.69) is 25.5 Å². The van der Waals surface area contributed by atoms with Crippen molar-refractivity contribution in [3.63, 3.8) is 0 Å². The van der Waals surface area contributed by atoms with Crippen molar-refractivity contribution < 1.29 is 9.84 Å². The zero-order chi connectivity index (χ0) is 22.4. The number of phenols is 1. The number of hydrogen-bond acceptors (Lipinski definition) is 7. The topological polar surface area (TPSA) is 88.3 Å². The lowest BCUT2D eigenvalue weighted by molar-refractivity contribution is 0.216. The van der Waals surface area contributed by atoms with E-state index in [-0.39, 0.29) is 5.75 Å². The highest BCUT2D eigenvalue weighted by Gasteiger charge is 2.36. The Morgan fingerprint density at radius 3 is 2.67 bits per heavy atom. The quantitative estimate of drug-likeness (QED) is 0.636. The molecule has 6 rings (SSSR count). The lowest BCUT2D eigenvalue weighted by atomic mass is 9.83. The van der Waals surface area contributed by atoms with Gasteiger partial charge >= 0.3 is 0 Å². The van der Waals surface area contributed by atoms with Crippen molar-refractivity contribution in [2.75, 3.05) is 18.1 Å². The van der Waals surface area contributed by atoms with Crippen LogP contribution in [0.3, 0.4) is 0 Å². The number of phenolic OH excluding ortho intramolecular Hbond substituents is 1. The van der Waals surface area contributed by atoms with Gasteiger partial charge in [0.1, 0.15) is 11.4 Å². The van der Waals surface area contributed by atoms with Gasteiger partial charge < -0.3 is 20.1 Å². The van der Waals surface area contributed by atoms with Crippen LogP contribution in [0.2, 0.25) is 0 Å². The van der Waals surface area contributed by atoms with E-state index in [0.29, 0.717) is 36.0 Å². The molecule has 5 heterocycles. The zero-order valence-corrected chi connectivity index (χ0v) is 18.9. The largest absolute Gasteiger partial charge is 0.507 e. The molecule has 2 bridgehead atoms. The number of benzene rings is 1. The van der Waals surface area contributed by atoms with Crippen molar-refractivity contribution in [3.05, 3.63) is 36.7 Å². The molecule has 1 unspecified atom stereocenters. The lowest BCUT2D eigenvalue weighted by Crippen LogP contribution is -2.55. The Hall–Kier alpha value is -3.13. The number of aryl methyl sites for hydroxylation is 1. The van der Waals surface area contributed by atoms with E-state index in [1.165, 1.54) is 19.3 Å². The maximum absolute atomic E-state index is 10.8. The minimum atomic E-state index is 0.169. The zero-order valence-electron chi connectivity index (χ0n) is 18.9. The second-order valence-corrected chi connectivity index (χ2v) is 9.56. The Morgan fingerprint density at radius 2 is 1.91 bits per heavy atom. The summed E-state index contributed by atoms with van der Waals surface area (Å²) in [6.45, 7) is 1.61. The Morgan fingerprint density at radius 1 is 1.06 bits per heavy atom. The molecule has 8 heteroatoms.